The number of amides is 1. The van der Waals surface area contributed by atoms with E-state index >= 15 is 0 Å². The highest BCUT2D eigenvalue weighted by Crippen LogP contribution is 2.32. The van der Waals surface area contributed by atoms with Crippen LogP contribution in [0.3, 0.4) is 0 Å². The van der Waals surface area contributed by atoms with Crippen molar-refractivity contribution in [2.24, 2.45) is 0 Å². The van der Waals surface area contributed by atoms with Gasteiger partial charge in [-0.2, -0.15) is 0 Å². The van der Waals surface area contributed by atoms with Crippen molar-refractivity contribution in [3.8, 4) is 0 Å². The van der Waals surface area contributed by atoms with E-state index in [1.54, 1.807) is 12.1 Å². The zero-order valence-corrected chi connectivity index (χ0v) is 24.8. The molecular weight excluding hydrogens is 592 g/mol. The first-order chi connectivity index (χ1) is 20.6. The molecule has 2 aromatic heterocycles. The molecule has 5 aromatic rings. The second-order valence-electron chi connectivity index (χ2n) is 10.3. The highest BCUT2D eigenvalue weighted by Gasteiger charge is 2.32. The molecular formula is C32H31BrN8O. The molecule has 212 valence electrons. The molecule has 0 bridgehead atoms. The third-order valence-electron chi connectivity index (χ3n) is 7.63. The minimum Gasteiger partial charge on any atom is -0.354 e. The number of nitrogens with zero attached hydrogens (tertiary/aromatic N) is 7. The second kappa shape index (κ2) is 12.6. The molecule has 6 rings (SSSR count). The number of hydrogen-bond acceptors (Lipinski definition) is 7. The summed E-state index contributed by atoms with van der Waals surface area (Å²) in [6, 6.07) is 31.3. The number of hydrogen-bond donors (Lipinski definition) is 1. The van der Waals surface area contributed by atoms with Crippen molar-refractivity contribution < 1.29 is 4.79 Å². The van der Waals surface area contributed by atoms with Crippen molar-refractivity contribution in [3.05, 3.63) is 130 Å². The lowest BCUT2D eigenvalue weighted by molar-refractivity contribution is 0.102. The fourth-order valence-electron chi connectivity index (χ4n) is 5.39. The van der Waals surface area contributed by atoms with Gasteiger partial charge in [-0.05, 0) is 77.0 Å². The highest BCUT2D eigenvalue weighted by molar-refractivity contribution is 9.10. The summed E-state index contributed by atoms with van der Waals surface area (Å²) >= 11 is 3.43. The number of piperazine rings is 1. The molecule has 1 unspecified atom stereocenters. The monoisotopic (exact) mass is 622 g/mol. The number of aromatic nitrogens is 5. The van der Waals surface area contributed by atoms with Crippen LogP contribution in [0.25, 0.3) is 0 Å². The molecule has 42 heavy (non-hydrogen) atoms. The molecule has 0 saturated carbocycles. The van der Waals surface area contributed by atoms with E-state index in [-0.39, 0.29) is 18.0 Å². The average molecular weight is 624 g/mol. The van der Waals surface area contributed by atoms with E-state index in [0.29, 0.717) is 11.3 Å². The summed E-state index contributed by atoms with van der Waals surface area (Å²) in [6.45, 7) is 5.35. The van der Waals surface area contributed by atoms with Crippen molar-refractivity contribution >= 4 is 33.3 Å². The van der Waals surface area contributed by atoms with E-state index in [9.17, 15) is 4.79 Å². The van der Waals surface area contributed by atoms with E-state index in [4.69, 9.17) is 0 Å². The maximum Gasteiger partial charge on any atom is 0.255 e. The predicted molar refractivity (Wildman–Crippen MR) is 166 cm³/mol. The van der Waals surface area contributed by atoms with Gasteiger partial charge in [-0.1, -0.05) is 64.5 Å². The summed E-state index contributed by atoms with van der Waals surface area (Å²) in [6.07, 6.45) is 1.83. The van der Waals surface area contributed by atoms with E-state index < -0.39 is 0 Å². The largest absolute Gasteiger partial charge is 0.354 e. The Hall–Kier alpha value is -4.41. The van der Waals surface area contributed by atoms with Gasteiger partial charge in [0.15, 0.2) is 5.82 Å². The number of carbonyl (C=O) groups excluding carboxylic acids is 1. The van der Waals surface area contributed by atoms with E-state index in [1.807, 2.05) is 77.6 Å². The molecule has 0 spiro atoms. The Labute approximate surface area is 253 Å². The van der Waals surface area contributed by atoms with Gasteiger partial charge < -0.3 is 10.2 Å². The van der Waals surface area contributed by atoms with Crippen molar-refractivity contribution in [2.75, 3.05) is 36.4 Å². The van der Waals surface area contributed by atoms with Crippen molar-refractivity contribution in [1.82, 2.24) is 30.1 Å². The van der Waals surface area contributed by atoms with Gasteiger partial charge in [0, 0.05) is 48.1 Å². The number of benzene rings is 3. The van der Waals surface area contributed by atoms with Crippen molar-refractivity contribution in [1.29, 1.82) is 0 Å². The zero-order valence-electron chi connectivity index (χ0n) is 23.2. The number of pyridine rings is 1. The first-order valence-corrected chi connectivity index (χ1v) is 14.8. The van der Waals surface area contributed by atoms with Crippen LogP contribution in [0, 0.1) is 0 Å². The number of nitrogens with one attached hydrogen (secondary N) is 1. The maximum atomic E-state index is 13.0. The molecule has 1 N–H and O–H groups in total. The Bertz CT molecular complexity index is 1620. The third kappa shape index (κ3) is 6.09. The Morgan fingerprint density at radius 1 is 0.857 bits per heavy atom. The lowest BCUT2D eigenvalue weighted by atomic mass is 10.0. The van der Waals surface area contributed by atoms with Gasteiger partial charge in [0.2, 0.25) is 0 Å². The van der Waals surface area contributed by atoms with Crippen molar-refractivity contribution in [3.63, 3.8) is 0 Å². The quantitative estimate of drug-likeness (QED) is 0.241. The summed E-state index contributed by atoms with van der Waals surface area (Å²) < 4.78 is 2.84. The average Bonchev–Trinajstić information content (AvgIpc) is 3.52. The fourth-order valence-corrected chi connectivity index (χ4v) is 5.66. The molecule has 3 aromatic carbocycles. The molecule has 9 nitrogen and oxygen atoms in total. The lowest BCUT2D eigenvalue weighted by Gasteiger charge is -2.39. The minimum absolute atomic E-state index is 0.0613. The molecule has 0 aliphatic carbocycles. The van der Waals surface area contributed by atoms with Crippen LogP contribution in [0.15, 0.2) is 108 Å². The minimum atomic E-state index is -0.221. The summed E-state index contributed by atoms with van der Waals surface area (Å²) in [5, 5.41) is 16.2. The van der Waals surface area contributed by atoms with Crippen LogP contribution in [-0.2, 0) is 0 Å². The van der Waals surface area contributed by atoms with Gasteiger partial charge in [-0.25, -0.2) is 9.67 Å². The number of carbonyl (C=O) groups is 1. The Morgan fingerprint density at radius 3 is 2.33 bits per heavy atom. The SMILES string of the molecule is C[C@@H](c1ccccc1)n1nnnc1C(c1cccc(NC(=O)c2ccc(Br)cc2)c1)N1CCN(c2ccccn2)CC1. The number of tetrazole rings is 1. The molecule has 1 fully saturated rings. The molecule has 1 aliphatic rings. The molecule has 1 amide bonds. The first-order valence-electron chi connectivity index (χ1n) is 14.0. The molecule has 3 heterocycles. The van der Waals surface area contributed by atoms with Crippen molar-refractivity contribution in [2.45, 2.75) is 19.0 Å². The first kappa shape index (κ1) is 27.7. The van der Waals surface area contributed by atoms with Gasteiger partial charge in [-0.3, -0.25) is 9.69 Å². The molecule has 1 aliphatic heterocycles. The summed E-state index contributed by atoms with van der Waals surface area (Å²) in [5.41, 5.74) is 3.44. The van der Waals surface area contributed by atoms with Crippen LogP contribution >= 0.6 is 15.9 Å². The van der Waals surface area contributed by atoms with Crippen LogP contribution in [0.4, 0.5) is 11.5 Å². The maximum absolute atomic E-state index is 13.0. The Kier molecular flexibility index (Phi) is 8.34. The van der Waals surface area contributed by atoms with Gasteiger partial charge in [-0.15, -0.1) is 5.10 Å². The summed E-state index contributed by atoms with van der Waals surface area (Å²) in [7, 11) is 0. The van der Waals surface area contributed by atoms with Crippen LogP contribution < -0.4 is 10.2 Å². The zero-order chi connectivity index (χ0) is 28.9. The van der Waals surface area contributed by atoms with Crippen LogP contribution in [0.2, 0.25) is 0 Å². The normalized spacial score (nSPS) is 15.2. The Morgan fingerprint density at radius 2 is 1.60 bits per heavy atom. The van der Waals surface area contributed by atoms with Gasteiger partial charge in [0.25, 0.3) is 5.91 Å². The summed E-state index contributed by atoms with van der Waals surface area (Å²) in [4.78, 5) is 22.3. The van der Waals surface area contributed by atoms with Gasteiger partial charge in [0.05, 0.1) is 12.1 Å². The number of anilines is 2. The number of halogens is 1. The molecule has 0 radical (unpaired) electrons. The topological polar surface area (TPSA) is 92.1 Å². The highest BCUT2D eigenvalue weighted by atomic mass is 79.9. The van der Waals surface area contributed by atoms with E-state index in [0.717, 1.165) is 53.4 Å². The van der Waals surface area contributed by atoms with Crippen LogP contribution in [-0.4, -0.2) is 62.2 Å². The van der Waals surface area contributed by atoms with Crippen LogP contribution in [0.1, 0.15) is 46.3 Å². The Balaban J connectivity index is 1.32. The van der Waals surface area contributed by atoms with Crippen LogP contribution in [0.5, 0.6) is 0 Å². The smallest absolute Gasteiger partial charge is 0.255 e. The third-order valence-corrected chi connectivity index (χ3v) is 8.16. The molecule has 10 heteroatoms. The number of rotatable bonds is 8. The fraction of sp³-hybridized carbons (Fsp3) is 0.219. The van der Waals surface area contributed by atoms with Gasteiger partial charge in [0.1, 0.15) is 5.82 Å². The standard InChI is InChI=1S/C32H31BrN8O/c1-23(24-8-3-2-4-9-24)41-31(36-37-38-41)30(40-20-18-39(19-21-40)29-12-5-6-17-34-29)26-10-7-11-28(22-26)35-32(42)25-13-15-27(33)16-14-25/h2-17,22-23,30H,18-21H2,1H3,(H,35,42)/t23-,30?/m0/s1. The van der Waals surface area contributed by atoms with E-state index in [2.05, 4.69) is 76.7 Å². The second-order valence-corrected chi connectivity index (χ2v) is 11.2. The molecule has 2 atom stereocenters. The lowest BCUT2D eigenvalue weighted by Crippen LogP contribution is -2.48. The predicted octanol–water partition coefficient (Wildman–Crippen LogP) is 5.60. The summed E-state index contributed by atoms with van der Waals surface area (Å²) in [5.74, 6) is 1.57. The van der Waals surface area contributed by atoms with E-state index in [1.165, 1.54) is 0 Å². The van der Waals surface area contributed by atoms with Gasteiger partial charge >= 0.3 is 0 Å². The molecule has 1 saturated heterocycles.